The molecule has 0 unspecified atom stereocenters. The van der Waals surface area contributed by atoms with Gasteiger partial charge in [0, 0.05) is 24.6 Å². The first-order chi connectivity index (χ1) is 13.1. The standard InChI is InChI=1S/C20H19FN4O2/c1-27-18-4-2-3-14(11-18)9-10-22-19(26)15-12-23-20(24-13-15)25-17-7-5-16(21)6-8-17/h2-8,11-13H,9-10H2,1H3,(H,22,26)(H,23,24,25). The van der Waals surface area contributed by atoms with Gasteiger partial charge >= 0.3 is 0 Å². The predicted molar refractivity (Wildman–Crippen MR) is 101 cm³/mol. The van der Waals surface area contributed by atoms with E-state index >= 15 is 0 Å². The number of hydrogen-bond donors (Lipinski definition) is 2. The molecule has 138 valence electrons. The fraction of sp³-hybridized carbons (Fsp3) is 0.150. The molecule has 0 fully saturated rings. The zero-order valence-corrected chi connectivity index (χ0v) is 14.8. The normalized spacial score (nSPS) is 10.3. The number of carbonyl (C=O) groups is 1. The van der Waals surface area contributed by atoms with Crippen LogP contribution in [-0.2, 0) is 6.42 Å². The number of carbonyl (C=O) groups excluding carboxylic acids is 1. The van der Waals surface area contributed by atoms with Gasteiger partial charge in [-0.15, -0.1) is 0 Å². The summed E-state index contributed by atoms with van der Waals surface area (Å²) >= 11 is 0. The van der Waals surface area contributed by atoms with Crippen molar-refractivity contribution in [2.75, 3.05) is 19.0 Å². The molecule has 2 N–H and O–H groups in total. The number of nitrogens with zero attached hydrogens (tertiary/aromatic N) is 2. The van der Waals surface area contributed by atoms with Crippen LogP contribution >= 0.6 is 0 Å². The van der Waals surface area contributed by atoms with Gasteiger partial charge < -0.3 is 15.4 Å². The Hall–Kier alpha value is -3.48. The number of hydrogen-bond acceptors (Lipinski definition) is 5. The maximum absolute atomic E-state index is 12.9. The van der Waals surface area contributed by atoms with Crippen LogP contribution in [0, 0.1) is 5.82 Å². The highest BCUT2D eigenvalue weighted by Gasteiger charge is 2.07. The highest BCUT2D eigenvalue weighted by Crippen LogP contribution is 2.14. The van der Waals surface area contributed by atoms with E-state index in [1.165, 1.54) is 24.5 Å². The zero-order chi connectivity index (χ0) is 19.1. The Balaban J connectivity index is 1.51. The molecular weight excluding hydrogens is 347 g/mol. The molecule has 3 rings (SSSR count). The summed E-state index contributed by atoms with van der Waals surface area (Å²) < 4.78 is 18.1. The Labute approximate surface area is 156 Å². The summed E-state index contributed by atoms with van der Waals surface area (Å²) in [7, 11) is 1.62. The quantitative estimate of drug-likeness (QED) is 0.671. The van der Waals surface area contributed by atoms with Crippen molar-refractivity contribution in [2.24, 2.45) is 0 Å². The summed E-state index contributed by atoms with van der Waals surface area (Å²) in [5.41, 5.74) is 2.10. The molecule has 0 aliphatic heterocycles. The number of methoxy groups -OCH3 is 1. The SMILES string of the molecule is COc1cccc(CCNC(=O)c2cnc(Nc3ccc(F)cc3)nc2)c1. The van der Waals surface area contributed by atoms with Gasteiger partial charge in [-0.2, -0.15) is 0 Å². The molecule has 2 aromatic carbocycles. The highest BCUT2D eigenvalue weighted by molar-refractivity contribution is 5.93. The van der Waals surface area contributed by atoms with Crippen molar-refractivity contribution in [2.45, 2.75) is 6.42 Å². The van der Waals surface area contributed by atoms with Crippen molar-refractivity contribution in [3.05, 3.63) is 77.9 Å². The largest absolute Gasteiger partial charge is 0.497 e. The van der Waals surface area contributed by atoms with Crippen LogP contribution in [0.1, 0.15) is 15.9 Å². The molecular formula is C20H19FN4O2. The summed E-state index contributed by atoms with van der Waals surface area (Å²) in [6, 6.07) is 13.5. The second kappa shape index (κ2) is 8.75. The van der Waals surface area contributed by atoms with Crippen LogP contribution in [0.2, 0.25) is 0 Å². The number of aromatic nitrogens is 2. The number of ether oxygens (including phenoxy) is 1. The molecule has 3 aromatic rings. The van der Waals surface area contributed by atoms with Crippen LogP contribution in [0.15, 0.2) is 60.9 Å². The molecule has 6 nitrogen and oxygen atoms in total. The molecule has 1 aromatic heterocycles. The van der Waals surface area contributed by atoms with E-state index in [9.17, 15) is 9.18 Å². The molecule has 0 aliphatic carbocycles. The number of rotatable bonds is 7. The number of halogens is 1. The van der Waals surface area contributed by atoms with Gasteiger partial charge in [0.25, 0.3) is 5.91 Å². The lowest BCUT2D eigenvalue weighted by Crippen LogP contribution is -2.26. The smallest absolute Gasteiger partial charge is 0.254 e. The molecule has 0 saturated carbocycles. The molecule has 0 atom stereocenters. The fourth-order valence-electron chi connectivity index (χ4n) is 2.42. The molecule has 7 heteroatoms. The van der Waals surface area contributed by atoms with Gasteiger partial charge in [0.2, 0.25) is 5.95 Å². The zero-order valence-electron chi connectivity index (χ0n) is 14.8. The minimum atomic E-state index is -0.317. The number of amides is 1. The molecule has 1 amide bonds. The molecule has 0 bridgehead atoms. The van der Waals surface area contributed by atoms with E-state index in [1.807, 2.05) is 24.3 Å². The van der Waals surface area contributed by atoms with Crippen molar-refractivity contribution in [1.82, 2.24) is 15.3 Å². The van der Waals surface area contributed by atoms with Gasteiger partial charge in [0.1, 0.15) is 11.6 Å². The second-order valence-electron chi connectivity index (χ2n) is 5.78. The molecule has 1 heterocycles. The molecule has 0 radical (unpaired) electrons. The average molecular weight is 366 g/mol. The second-order valence-corrected chi connectivity index (χ2v) is 5.78. The first-order valence-electron chi connectivity index (χ1n) is 8.40. The van der Waals surface area contributed by atoms with Gasteiger partial charge in [-0.05, 0) is 48.4 Å². The summed E-state index contributed by atoms with van der Waals surface area (Å²) in [4.78, 5) is 20.4. The number of nitrogens with one attached hydrogen (secondary N) is 2. The third kappa shape index (κ3) is 5.24. The Kier molecular flexibility index (Phi) is 5.94. The minimum Gasteiger partial charge on any atom is -0.497 e. The van der Waals surface area contributed by atoms with Gasteiger partial charge in [0.15, 0.2) is 0 Å². The van der Waals surface area contributed by atoms with Crippen LogP contribution in [0.3, 0.4) is 0 Å². The van der Waals surface area contributed by atoms with Crippen molar-refractivity contribution < 1.29 is 13.9 Å². The van der Waals surface area contributed by atoms with Crippen LogP contribution in [0.5, 0.6) is 5.75 Å². The van der Waals surface area contributed by atoms with Crippen LogP contribution < -0.4 is 15.4 Å². The molecule has 27 heavy (non-hydrogen) atoms. The Morgan fingerprint density at radius 1 is 1.11 bits per heavy atom. The van der Waals surface area contributed by atoms with E-state index in [4.69, 9.17) is 4.74 Å². The Bertz CT molecular complexity index is 899. The minimum absolute atomic E-state index is 0.244. The van der Waals surface area contributed by atoms with Gasteiger partial charge in [-0.3, -0.25) is 4.79 Å². The summed E-state index contributed by atoms with van der Waals surface area (Å²) in [5, 5.41) is 5.78. The van der Waals surface area contributed by atoms with Crippen LogP contribution in [0.25, 0.3) is 0 Å². The lowest BCUT2D eigenvalue weighted by atomic mass is 10.1. The first kappa shape index (κ1) is 18.3. The van der Waals surface area contributed by atoms with E-state index in [2.05, 4.69) is 20.6 Å². The maximum atomic E-state index is 12.9. The molecule has 0 saturated heterocycles. The average Bonchev–Trinajstić information content (AvgIpc) is 2.70. The summed E-state index contributed by atoms with van der Waals surface area (Å²) in [6.07, 6.45) is 3.58. The van der Waals surface area contributed by atoms with Gasteiger partial charge in [0.05, 0.1) is 12.7 Å². The van der Waals surface area contributed by atoms with Crippen molar-refractivity contribution in [3.63, 3.8) is 0 Å². The van der Waals surface area contributed by atoms with Crippen molar-refractivity contribution in [3.8, 4) is 5.75 Å². The monoisotopic (exact) mass is 366 g/mol. The summed E-state index contributed by atoms with van der Waals surface area (Å²) in [5.74, 6) is 0.555. The van der Waals surface area contributed by atoms with Crippen LogP contribution in [-0.4, -0.2) is 29.5 Å². The number of anilines is 2. The van der Waals surface area contributed by atoms with Crippen molar-refractivity contribution >= 4 is 17.5 Å². The van der Waals surface area contributed by atoms with E-state index in [0.717, 1.165) is 11.3 Å². The third-order valence-electron chi connectivity index (χ3n) is 3.85. The lowest BCUT2D eigenvalue weighted by molar-refractivity contribution is 0.0953. The fourth-order valence-corrected chi connectivity index (χ4v) is 2.42. The maximum Gasteiger partial charge on any atom is 0.254 e. The Morgan fingerprint density at radius 2 is 1.85 bits per heavy atom. The van der Waals surface area contributed by atoms with E-state index in [0.29, 0.717) is 30.2 Å². The van der Waals surface area contributed by atoms with E-state index in [-0.39, 0.29) is 11.7 Å². The van der Waals surface area contributed by atoms with Crippen LogP contribution in [0.4, 0.5) is 16.0 Å². The topological polar surface area (TPSA) is 76.1 Å². The third-order valence-corrected chi connectivity index (χ3v) is 3.85. The van der Waals surface area contributed by atoms with Gasteiger partial charge in [-0.1, -0.05) is 12.1 Å². The van der Waals surface area contributed by atoms with Crippen molar-refractivity contribution in [1.29, 1.82) is 0 Å². The molecule has 0 aliphatic rings. The van der Waals surface area contributed by atoms with E-state index < -0.39 is 0 Å². The van der Waals surface area contributed by atoms with Gasteiger partial charge in [-0.25, -0.2) is 14.4 Å². The summed E-state index contributed by atoms with van der Waals surface area (Å²) in [6.45, 7) is 0.488. The first-order valence-corrected chi connectivity index (χ1v) is 8.40. The highest BCUT2D eigenvalue weighted by atomic mass is 19.1. The molecule has 0 spiro atoms. The Morgan fingerprint density at radius 3 is 2.56 bits per heavy atom. The number of benzene rings is 2. The predicted octanol–water partition coefficient (Wildman–Crippen LogP) is 3.34. The van der Waals surface area contributed by atoms with E-state index in [1.54, 1.807) is 19.2 Å². The lowest BCUT2D eigenvalue weighted by Gasteiger charge is -2.07.